The molecule has 0 aliphatic rings. The highest BCUT2D eigenvalue weighted by atomic mass is 32.2. The van der Waals surface area contributed by atoms with Crippen LogP contribution in [0, 0.1) is 0 Å². The quantitative estimate of drug-likeness (QED) is 0.501. The largest absolute Gasteiger partial charge is 0.480 e. The zero-order valence-electron chi connectivity index (χ0n) is 5.33. The highest BCUT2D eigenvalue weighted by Crippen LogP contribution is 1.94. The molecule has 1 amide bonds. The van der Waals surface area contributed by atoms with Gasteiger partial charge in [0, 0.05) is 11.9 Å². The minimum absolute atomic E-state index is 0.576. The van der Waals surface area contributed by atoms with Gasteiger partial charge in [-0.05, 0) is 6.92 Å². The number of aliphatic carboxylic acids is 1. The zero-order valence-corrected chi connectivity index (χ0v) is 6.14. The summed E-state index contributed by atoms with van der Waals surface area (Å²) in [5.41, 5.74) is 4.71. The minimum atomic E-state index is -1.02. The molecular weight excluding hydrogens is 156 g/mol. The van der Waals surface area contributed by atoms with Gasteiger partial charge >= 0.3 is 5.97 Å². The van der Waals surface area contributed by atoms with Crippen LogP contribution in [-0.4, -0.2) is 22.4 Å². The summed E-state index contributed by atoms with van der Waals surface area (Å²) < 4.78 is 2.32. The van der Waals surface area contributed by atoms with Crippen molar-refractivity contribution in [3.05, 3.63) is 0 Å². The summed E-state index contributed by atoms with van der Waals surface area (Å²) in [6.45, 7) is 1.41. The second-order valence-corrected chi connectivity index (χ2v) is 2.44. The lowest BCUT2D eigenvalue weighted by atomic mass is 10.4. The van der Waals surface area contributed by atoms with E-state index < -0.39 is 17.3 Å². The smallest absolute Gasteiger partial charge is 0.321 e. The van der Waals surface area contributed by atoms with Crippen LogP contribution in [0.1, 0.15) is 6.92 Å². The Morgan fingerprint density at radius 3 is 2.50 bits per heavy atom. The van der Waals surface area contributed by atoms with Crippen molar-refractivity contribution in [3.63, 3.8) is 0 Å². The molecule has 0 aliphatic heterocycles. The maximum atomic E-state index is 10.1. The fourth-order valence-electron chi connectivity index (χ4n) is 0.197. The molecule has 0 fully saturated rings. The number of hydrogen-bond donors (Lipinski definition) is 3. The minimum Gasteiger partial charge on any atom is -0.480 e. The van der Waals surface area contributed by atoms with Crippen molar-refractivity contribution < 1.29 is 14.7 Å². The molecule has 0 aliphatic carbocycles. The molecule has 6 heteroatoms. The molecule has 0 radical (unpaired) electrons. The van der Waals surface area contributed by atoms with Gasteiger partial charge in [-0.3, -0.25) is 9.59 Å². The normalized spacial score (nSPS) is 12.5. The molecule has 4 N–H and O–H groups in total. The van der Waals surface area contributed by atoms with E-state index in [1.54, 1.807) is 0 Å². The summed E-state index contributed by atoms with van der Waals surface area (Å²) in [6.07, 6.45) is 0. The van der Waals surface area contributed by atoms with E-state index in [4.69, 9.17) is 10.8 Å². The number of hydrogen-bond acceptors (Lipinski definition) is 4. The predicted octanol–water partition coefficient (Wildman–Crippen LogP) is -0.224. The standard InChI is InChI=1S/C4H8N2O3S/c1-2(3(7)8)6-10-4(5)9/h2,6H,1H3,(H2,5,9)(H,7,8)/t2-/m1/s1. The second kappa shape index (κ2) is 4.13. The van der Waals surface area contributed by atoms with Crippen molar-refractivity contribution in [2.75, 3.05) is 0 Å². The molecule has 1 atom stereocenters. The number of primary amides is 1. The fourth-order valence-corrected chi connectivity index (χ4v) is 0.591. The van der Waals surface area contributed by atoms with Crippen molar-refractivity contribution in [1.29, 1.82) is 0 Å². The van der Waals surface area contributed by atoms with Crippen molar-refractivity contribution in [1.82, 2.24) is 4.72 Å². The molecule has 58 valence electrons. The first-order valence-corrected chi connectivity index (χ1v) is 3.30. The van der Waals surface area contributed by atoms with E-state index in [0.29, 0.717) is 11.9 Å². The number of carbonyl (C=O) groups is 2. The van der Waals surface area contributed by atoms with E-state index in [0.717, 1.165) is 0 Å². The number of nitrogens with one attached hydrogen (secondary N) is 1. The van der Waals surface area contributed by atoms with Crippen LogP contribution < -0.4 is 10.5 Å². The molecule has 5 nitrogen and oxygen atoms in total. The number of rotatable bonds is 3. The van der Waals surface area contributed by atoms with Crippen LogP contribution in [0.2, 0.25) is 0 Å². The number of amides is 1. The summed E-state index contributed by atoms with van der Waals surface area (Å²) in [6, 6.07) is -0.766. The molecule has 0 unspecified atom stereocenters. The third kappa shape index (κ3) is 4.16. The first kappa shape index (κ1) is 9.25. The molecular formula is C4H8N2O3S. The van der Waals surface area contributed by atoms with E-state index >= 15 is 0 Å². The van der Waals surface area contributed by atoms with Gasteiger partial charge in [-0.15, -0.1) is 0 Å². The van der Waals surface area contributed by atoms with Gasteiger partial charge in [0.15, 0.2) is 0 Å². The van der Waals surface area contributed by atoms with Crippen LogP contribution >= 0.6 is 11.9 Å². The van der Waals surface area contributed by atoms with Gasteiger partial charge in [-0.1, -0.05) is 0 Å². The van der Waals surface area contributed by atoms with E-state index in [9.17, 15) is 9.59 Å². The second-order valence-electron chi connectivity index (χ2n) is 1.60. The van der Waals surface area contributed by atoms with E-state index in [1.807, 2.05) is 0 Å². The molecule has 0 aromatic heterocycles. The van der Waals surface area contributed by atoms with Gasteiger partial charge in [0.1, 0.15) is 6.04 Å². The van der Waals surface area contributed by atoms with Gasteiger partial charge < -0.3 is 10.8 Å². The molecule has 0 saturated carbocycles. The Kier molecular flexibility index (Phi) is 3.82. The third-order valence-electron chi connectivity index (χ3n) is 0.707. The average molecular weight is 164 g/mol. The molecule has 0 spiro atoms. The summed E-state index contributed by atoms with van der Waals surface area (Å²) in [5.74, 6) is -1.02. The van der Waals surface area contributed by atoms with Gasteiger partial charge in [-0.25, -0.2) is 4.72 Å². The first-order chi connectivity index (χ1) is 4.54. The SMILES string of the molecule is C[C@@H](NSC(N)=O)C(=O)O. The Labute approximate surface area is 62.1 Å². The van der Waals surface area contributed by atoms with Crippen molar-refractivity contribution in [2.45, 2.75) is 13.0 Å². The van der Waals surface area contributed by atoms with E-state index in [1.165, 1.54) is 6.92 Å². The zero-order chi connectivity index (χ0) is 8.15. The highest BCUT2D eigenvalue weighted by molar-refractivity contribution is 8.11. The van der Waals surface area contributed by atoms with Gasteiger partial charge in [0.2, 0.25) is 0 Å². The predicted molar refractivity (Wildman–Crippen MR) is 37.4 cm³/mol. The van der Waals surface area contributed by atoms with Crippen molar-refractivity contribution >= 4 is 23.2 Å². The topological polar surface area (TPSA) is 92.4 Å². The summed E-state index contributed by atoms with van der Waals surface area (Å²) in [7, 11) is 0. The Morgan fingerprint density at radius 1 is 1.70 bits per heavy atom. The Balaban J connectivity index is 3.49. The number of carboxylic acids is 1. The van der Waals surface area contributed by atoms with Crippen LogP contribution in [0.15, 0.2) is 0 Å². The number of carboxylic acid groups (broad SMARTS) is 1. The maximum absolute atomic E-state index is 10.1. The lowest BCUT2D eigenvalue weighted by Gasteiger charge is -2.03. The molecule has 0 aromatic rings. The van der Waals surface area contributed by atoms with Crippen LogP contribution in [0.5, 0.6) is 0 Å². The number of nitrogens with two attached hydrogens (primary N) is 1. The highest BCUT2D eigenvalue weighted by Gasteiger charge is 2.10. The lowest BCUT2D eigenvalue weighted by molar-refractivity contribution is -0.138. The molecule has 0 saturated heterocycles. The van der Waals surface area contributed by atoms with Gasteiger partial charge in [-0.2, -0.15) is 0 Å². The Hall–Kier alpha value is -0.750. The van der Waals surface area contributed by atoms with E-state index in [2.05, 4.69) is 4.72 Å². The molecule has 0 heterocycles. The van der Waals surface area contributed by atoms with Gasteiger partial charge in [0.05, 0.1) is 0 Å². The van der Waals surface area contributed by atoms with Crippen LogP contribution in [0.4, 0.5) is 4.79 Å². The summed E-state index contributed by atoms with van der Waals surface area (Å²) in [4.78, 5) is 20.1. The number of carbonyl (C=O) groups excluding carboxylic acids is 1. The molecule has 0 aromatic carbocycles. The molecule has 0 rings (SSSR count). The molecule has 0 bridgehead atoms. The molecule has 10 heavy (non-hydrogen) atoms. The van der Waals surface area contributed by atoms with Crippen LogP contribution in [0.25, 0.3) is 0 Å². The summed E-state index contributed by atoms with van der Waals surface area (Å²) in [5, 5.41) is 7.62. The lowest BCUT2D eigenvalue weighted by Crippen LogP contribution is -2.30. The maximum Gasteiger partial charge on any atom is 0.321 e. The van der Waals surface area contributed by atoms with Crippen molar-refractivity contribution in [3.8, 4) is 0 Å². The third-order valence-corrected chi connectivity index (χ3v) is 1.38. The van der Waals surface area contributed by atoms with Crippen LogP contribution in [-0.2, 0) is 4.79 Å². The Morgan fingerprint density at radius 2 is 2.20 bits per heavy atom. The average Bonchev–Trinajstić information content (AvgIpc) is 1.82. The fraction of sp³-hybridized carbons (Fsp3) is 0.500. The van der Waals surface area contributed by atoms with Crippen molar-refractivity contribution in [2.24, 2.45) is 5.73 Å². The van der Waals surface area contributed by atoms with Crippen LogP contribution in [0.3, 0.4) is 0 Å². The first-order valence-electron chi connectivity index (χ1n) is 2.48. The monoisotopic (exact) mass is 164 g/mol. The summed E-state index contributed by atoms with van der Waals surface area (Å²) >= 11 is 0.576. The Bertz CT molecular complexity index is 149. The van der Waals surface area contributed by atoms with E-state index in [-0.39, 0.29) is 0 Å². The van der Waals surface area contributed by atoms with Gasteiger partial charge in [0.25, 0.3) is 5.24 Å².